The van der Waals surface area contributed by atoms with E-state index in [4.69, 9.17) is 17.2 Å². The van der Waals surface area contributed by atoms with Crippen LogP contribution in [0.25, 0.3) is 0 Å². The fourth-order valence-corrected chi connectivity index (χ4v) is 1.39. The highest BCUT2D eigenvalue weighted by Gasteiger charge is 2.31. The molecule has 1 aromatic carbocycles. The number of hydrogen-bond donors (Lipinski definition) is 3. The number of halogens is 4. The Morgan fingerprint density at radius 2 is 1.84 bits per heavy atom. The first-order chi connectivity index (χ1) is 8.67. The molecular weight excluding hydrogens is 331 g/mol. The molecule has 10 heteroatoms. The van der Waals surface area contributed by atoms with Crippen LogP contribution in [0.5, 0.6) is 5.75 Å². The van der Waals surface area contributed by atoms with Gasteiger partial charge in [-0.2, -0.15) is 4.99 Å². The predicted molar refractivity (Wildman–Crippen MR) is 67.9 cm³/mol. The average molecular weight is 340 g/mol. The van der Waals surface area contributed by atoms with Crippen molar-refractivity contribution in [3.05, 3.63) is 22.7 Å². The first-order valence-corrected chi connectivity index (χ1v) is 5.46. The molecule has 6 N–H and O–H groups in total. The van der Waals surface area contributed by atoms with Crippen LogP contribution in [-0.4, -0.2) is 18.3 Å². The lowest BCUT2D eigenvalue weighted by Gasteiger charge is -2.09. The Bertz CT molecular complexity index is 525. The molecule has 0 spiro atoms. The second kappa shape index (κ2) is 5.78. The molecule has 0 heterocycles. The Morgan fingerprint density at radius 3 is 2.37 bits per heavy atom. The van der Waals surface area contributed by atoms with E-state index in [1.54, 1.807) is 0 Å². The summed E-state index contributed by atoms with van der Waals surface area (Å²) < 4.78 is 40.3. The molecule has 1 rings (SSSR count). The zero-order valence-corrected chi connectivity index (χ0v) is 10.9. The topological polar surface area (TPSA) is 112 Å². The van der Waals surface area contributed by atoms with E-state index >= 15 is 0 Å². The van der Waals surface area contributed by atoms with Gasteiger partial charge in [0.15, 0.2) is 5.96 Å². The third-order valence-corrected chi connectivity index (χ3v) is 2.30. The number of nitrogens with two attached hydrogens (primary N) is 3. The minimum absolute atomic E-state index is 0.0873. The highest BCUT2D eigenvalue weighted by molar-refractivity contribution is 9.10. The van der Waals surface area contributed by atoms with Crippen molar-refractivity contribution in [2.45, 2.75) is 6.36 Å². The fourth-order valence-electron chi connectivity index (χ4n) is 1.06. The Labute approximate surface area is 114 Å². The summed E-state index contributed by atoms with van der Waals surface area (Å²) in [7, 11) is 0. The van der Waals surface area contributed by atoms with Crippen molar-refractivity contribution < 1.29 is 17.9 Å². The molecular formula is C9H9BrF3N5O. The van der Waals surface area contributed by atoms with E-state index in [-0.39, 0.29) is 17.6 Å². The molecule has 0 amide bonds. The van der Waals surface area contributed by atoms with Gasteiger partial charge < -0.3 is 21.9 Å². The molecule has 0 radical (unpaired) electrons. The maximum absolute atomic E-state index is 12.1. The van der Waals surface area contributed by atoms with Gasteiger partial charge in [0.2, 0.25) is 5.96 Å². The van der Waals surface area contributed by atoms with Crippen molar-refractivity contribution in [3.8, 4) is 5.75 Å². The van der Waals surface area contributed by atoms with Gasteiger partial charge >= 0.3 is 6.36 Å². The smallest absolute Gasteiger partial charge is 0.406 e. The molecule has 0 unspecified atom stereocenters. The van der Waals surface area contributed by atoms with Crippen LogP contribution in [0.3, 0.4) is 0 Å². The van der Waals surface area contributed by atoms with Crippen molar-refractivity contribution in [2.24, 2.45) is 27.2 Å². The number of nitrogens with zero attached hydrogens (tertiary/aromatic N) is 2. The van der Waals surface area contributed by atoms with Crippen LogP contribution < -0.4 is 21.9 Å². The van der Waals surface area contributed by atoms with Crippen LogP contribution in [0, 0.1) is 0 Å². The number of hydrogen-bond acceptors (Lipinski definition) is 2. The number of alkyl halides is 3. The van der Waals surface area contributed by atoms with Gasteiger partial charge in [-0.25, -0.2) is 4.99 Å². The minimum atomic E-state index is -4.79. The Hall–Kier alpha value is -1.97. The molecule has 0 aliphatic carbocycles. The maximum Gasteiger partial charge on any atom is 0.573 e. The zero-order chi connectivity index (χ0) is 14.6. The minimum Gasteiger partial charge on any atom is -0.406 e. The molecule has 6 nitrogen and oxygen atoms in total. The SMILES string of the molecule is NC(N)=NC(N)=Nc1cc(OC(F)(F)F)ccc1Br. The monoisotopic (exact) mass is 339 g/mol. The number of ether oxygens (including phenoxy) is 1. The van der Waals surface area contributed by atoms with Crippen molar-refractivity contribution in [1.29, 1.82) is 0 Å². The summed E-state index contributed by atoms with van der Waals surface area (Å²) >= 11 is 3.09. The average Bonchev–Trinajstić information content (AvgIpc) is 2.19. The molecule has 0 atom stereocenters. The largest absolute Gasteiger partial charge is 0.573 e. The highest BCUT2D eigenvalue weighted by atomic mass is 79.9. The van der Waals surface area contributed by atoms with E-state index in [0.29, 0.717) is 4.47 Å². The maximum atomic E-state index is 12.1. The Morgan fingerprint density at radius 1 is 1.21 bits per heavy atom. The van der Waals surface area contributed by atoms with Crippen LogP contribution in [0.4, 0.5) is 18.9 Å². The second-order valence-electron chi connectivity index (χ2n) is 3.17. The number of aliphatic imine (C=N–C) groups is 2. The standard InChI is InChI=1S/C9H9BrF3N5O/c10-5-2-1-4(19-9(11,12)13)3-6(5)17-8(16)18-7(14)15/h1-3H,(H6,14,15,16,17,18). The fraction of sp³-hybridized carbons (Fsp3) is 0.111. The van der Waals surface area contributed by atoms with Gasteiger partial charge in [-0.1, -0.05) is 0 Å². The molecule has 0 saturated heterocycles. The second-order valence-corrected chi connectivity index (χ2v) is 4.02. The van der Waals surface area contributed by atoms with E-state index < -0.39 is 12.1 Å². The Kier molecular flexibility index (Phi) is 4.59. The molecule has 0 bridgehead atoms. The summed E-state index contributed by atoms with van der Waals surface area (Å²) in [5.74, 6) is -1.06. The van der Waals surface area contributed by atoms with Crippen LogP contribution in [0.15, 0.2) is 32.7 Å². The number of rotatable bonds is 2. The van der Waals surface area contributed by atoms with E-state index in [1.165, 1.54) is 6.07 Å². The molecule has 19 heavy (non-hydrogen) atoms. The summed E-state index contributed by atoms with van der Waals surface area (Å²) in [5, 5.41) is 0. The quantitative estimate of drug-likeness (QED) is 0.560. The first kappa shape index (κ1) is 15.1. The highest BCUT2D eigenvalue weighted by Crippen LogP contribution is 2.32. The van der Waals surface area contributed by atoms with E-state index in [2.05, 4.69) is 30.7 Å². The van der Waals surface area contributed by atoms with E-state index in [1.807, 2.05) is 0 Å². The number of guanidine groups is 2. The van der Waals surface area contributed by atoms with Gasteiger partial charge in [0.1, 0.15) is 5.75 Å². The normalized spacial score (nSPS) is 12.1. The Balaban J connectivity index is 3.08. The lowest BCUT2D eigenvalue weighted by Crippen LogP contribution is -2.26. The molecule has 104 valence electrons. The van der Waals surface area contributed by atoms with Gasteiger partial charge in [0.05, 0.1) is 5.69 Å². The summed E-state index contributed by atoms with van der Waals surface area (Å²) in [6, 6.07) is 3.47. The summed E-state index contributed by atoms with van der Waals surface area (Å²) in [4.78, 5) is 7.18. The predicted octanol–water partition coefficient (Wildman–Crippen LogP) is 1.57. The van der Waals surface area contributed by atoms with Crippen LogP contribution in [-0.2, 0) is 0 Å². The lowest BCUT2D eigenvalue weighted by atomic mass is 10.3. The van der Waals surface area contributed by atoms with Gasteiger partial charge in [-0.15, -0.1) is 13.2 Å². The van der Waals surface area contributed by atoms with Crippen LogP contribution in [0.2, 0.25) is 0 Å². The molecule has 0 aromatic heterocycles. The molecule has 1 aromatic rings. The van der Waals surface area contributed by atoms with Gasteiger partial charge in [-0.05, 0) is 28.1 Å². The molecule has 0 aliphatic rings. The van der Waals surface area contributed by atoms with Crippen molar-refractivity contribution in [1.82, 2.24) is 0 Å². The third-order valence-electron chi connectivity index (χ3n) is 1.63. The summed E-state index contributed by atoms with van der Waals surface area (Å²) in [6.45, 7) is 0. The van der Waals surface area contributed by atoms with Crippen molar-refractivity contribution >= 4 is 33.5 Å². The number of benzene rings is 1. The lowest BCUT2D eigenvalue weighted by molar-refractivity contribution is -0.274. The molecule has 0 fully saturated rings. The first-order valence-electron chi connectivity index (χ1n) is 4.66. The van der Waals surface area contributed by atoms with Gasteiger partial charge in [0.25, 0.3) is 0 Å². The van der Waals surface area contributed by atoms with E-state index in [0.717, 1.165) is 12.1 Å². The van der Waals surface area contributed by atoms with Crippen LogP contribution in [0.1, 0.15) is 0 Å². The third kappa shape index (κ3) is 5.46. The van der Waals surface area contributed by atoms with Crippen LogP contribution >= 0.6 is 15.9 Å². The summed E-state index contributed by atoms with van der Waals surface area (Å²) in [5.41, 5.74) is 15.6. The molecule has 0 saturated carbocycles. The van der Waals surface area contributed by atoms with Crippen molar-refractivity contribution in [2.75, 3.05) is 0 Å². The van der Waals surface area contributed by atoms with Gasteiger partial charge in [0, 0.05) is 10.5 Å². The van der Waals surface area contributed by atoms with Crippen molar-refractivity contribution in [3.63, 3.8) is 0 Å². The zero-order valence-electron chi connectivity index (χ0n) is 9.28. The van der Waals surface area contributed by atoms with Gasteiger partial charge in [-0.3, -0.25) is 0 Å². The van der Waals surface area contributed by atoms with E-state index in [9.17, 15) is 13.2 Å². The molecule has 0 aliphatic heterocycles. The summed E-state index contributed by atoms with van der Waals surface area (Å²) in [6.07, 6.45) is -4.79.